The number of nitrogens with one attached hydrogen (secondary N) is 1. The van der Waals surface area contributed by atoms with Gasteiger partial charge < -0.3 is 0 Å². The highest BCUT2D eigenvalue weighted by molar-refractivity contribution is 7.89. The van der Waals surface area contributed by atoms with Crippen LogP contribution in [0.1, 0.15) is 25.7 Å². The first-order valence-corrected chi connectivity index (χ1v) is 8.78. The first-order valence-electron chi connectivity index (χ1n) is 6.11. The molecule has 1 aliphatic rings. The van der Waals surface area contributed by atoms with E-state index in [4.69, 9.17) is 34.8 Å². The quantitative estimate of drug-likeness (QED) is 0.655. The van der Waals surface area contributed by atoms with Gasteiger partial charge in [0.25, 0.3) is 0 Å². The molecule has 0 unspecified atom stereocenters. The van der Waals surface area contributed by atoms with Crippen molar-refractivity contribution in [1.82, 2.24) is 4.72 Å². The highest BCUT2D eigenvalue weighted by atomic mass is 35.5. The van der Waals surface area contributed by atoms with Crippen LogP contribution in [0.5, 0.6) is 0 Å². The summed E-state index contributed by atoms with van der Waals surface area (Å²) in [6.07, 6.45) is 2.80. The molecule has 1 aliphatic carbocycles. The van der Waals surface area contributed by atoms with Crippen molar-refractivity contribution in [2.45, 2.75) is 42.0 Å². The highest BCUT2D eigenvalue weighted by Gasteiger charge is 2.27. The van der Waals surface area contributed by atoms with Gasteiger partial charge in [-0.2, -0.15) is 0 Å². The van der Waals surface area contributed by atoms with Gasteiger partial charge >= 0.3 is 0 Å². The number of alkyl halides is 1. The fourth-order valence-corrected chi connectivity index (χ4v) is 4.47. The molecule has 1 aromatic carbocycles. The Morgan fingerprint density at radius 3 is 2.35 bits per heavy atom. The maximum Gasteiger partial charge on any atom is 0.242 e. The molecule has 112 valence electrons. The molecule has 0 radical (unpaired) electrons. The third kappa shape index (κ3) is 3.57. The average molecular weight is 361 g/mol. The predicted octanol–water partition coefficient (Wildman–Crippen LogP) is 3.96. The Morgan fingerprint density at radius 2 is 1.75 bits per heavy atom. The third-order valence-corrected chi connectivity index (χ3v) is 6.04. The normalized spacial score (nSPS) is 23.8. The van der Waals surface area contributed by atoms with E-state index >= 15 is 0 Å². The molecule has 0 saturated heterocycles. The molecule has 0 aromatic heterocycles. The molecule has 0 aliphatic heterocycles. The summed E-state index contributed by atoms with van der Waals surface area (Å²) in [6.45, 7) is 0. The van der Waals surface area contributed by atoms with E-state index in [0.717, 1.165) is 12.8 Å². The lowest BCUT2D eigenvalue weighted by Gasteiger charge is -2.25. The van der Waals surface area contributed by atoms with E-state index < -0.39 is 20.9 Å². The minimum Gasteiger partial charge on any atom is -0.208 e. The van der Waals surface area contributed by atoms with Crippen molar-refractivity contribution in [3.63, 3.8) is 0 Å². The van der Waals surface area contributed by atoms with Gasteiger partial charge in [-0.1, -0.05) is 23.2 Å². The zero-order chi connectivity index (χ0) is 14.9. The van der Waals surface area contributed by atoms with Gasteiger partial charge in [0.15, 0.2) is 5.82 Å². The summed E-state index contributed by atoms with van der Waals surface area (Å²) in [6, 6.07) is 2.17. The van der Waals surface area contributed by atoms with E-state index in [1.807, 2.05) is 0 Å². The summed E-state index contributed by atoms with van der Waals surface area (Å²) in [5.74, 6) is -0.930. The number of hydrogen-bond acceptors (Lipinski definition) is 2. The molecular weight excluding hydrogens is 348 g/mol. The van der Waals surface area contributed by atoms with Crippen LogP contribution in [0, 0.1) is 5.82 Å². The Hall–Kier alpha value is -0.0700. The van der Waals surface area contributed by atoms with E-state index in [9.17, 15) is 12.8 Å². The van der Waals surface area contributed by atoms with E-state index in [1.54, 1.807) is 0 Å². The second-order valence-electron chi connectivity index (χ2n) is 4.74. The second-order valence-corrected chi connectivity index (χ2v) is 7.83. The molecule has 0 bridgehead atoms. The molecular formula is C12H13Cl3FNO2S. The van der Waals surface area contributed by atoms with Crippen molar-refractivity contribution in [2.75, 3.05) is 0 Å². The zero-order valence-corrected chi connectivity index (χ0v) is 13.5. The Morgan fingerprint density at radius 1 is 1.15 bits per heavy atom. The van der Waals surface area contributed by atoms with Crippen LogP contribution in [0.25, 0.3) is 0 Å². The van der Waals surface area contributed by atoms with Crippen LogP contribution < -0.4 is 4.72 Å². The van der Waals surface area contributed by atoms with Crippen LogP contribution in [0.4, 0.5) is 4.39 Å². The van der Waals surface area contributed by atoms with E-state index in [0.29, 0.717) is 12.8 Å². The zero-order valence-electron chi connectivity index (χ0n) is 10.4. The van der Waals surface area contributed by atoms with Gasteiger partial charge in [-0.15, -0.1) is 11.6 Å². The molecule has 0 heterocycles. The summed E-state index contributed by atoms with van der Waals surface area (Å²) in [7, 11) is -3.87. The fraction of sp³-hybridized carbons (Fsp3) is 0.500. The molecule has 2 rings (SSSR count). The Kier molecular flexibility index (Phi) is 5.19. The number of hydrogen-bond donors (Lipinski definition) is 1. The lowest BCUT2D eigenvalue weighted by atomic mass is 9.96. The highest BCUT2D eigenvalue weighted by Crippen LogP contribution is 2.30. The Bertz CT molecular complexity index is 601. The molecule has 0 amide bonds. The van der Waals surface area contributed by atoms with Crippen LogP contribution in [0.2, 0.25) is 10.0 Å². The molecule has 3 nitrogen and oxygen atoms in total. The van der Waals surface area contributed by atoms with Crippen molar-refractivity contribution in [3.8, 4) is 0 Å². The summed E-state index contributed by atoms with van der Waals surface area (Å²) in [5.41, 5.74) is 0. The average Bonchev–Trinajstić information content (AvgIpc) is 2.38. The Labute approximate surface area is 132 Å². The van der Waals surface area contributed by atoms with Gasteiger partial charge in [-0.05, 0) is 37.8 Å². The molecule has 1 aromatic rings. The monoisotopic (exact) mass is 359 g/mol. The lowest BCUT2D eigenvalue weighted by molar-refractivity contribution is 0.416. The van der Waals surface area contributed by atoms with Crippen molar-refractivity contribution in [3.05, 3.63) is 28.0 Å². The number of sulfonamides is 1. The van der Waals surface area contributed by atoms with Crippen LogP contribution >= 0.6 is 34.8 Å². The minimum atomic E-state index is -3.87. The van der Waals surface area contributed by atoms with Gasteiger partial charge in [-0.3, -0.25) is 0 Å². The van der Waals surface area contributed by atoms with E-state index in [-0.39, 0.29) is 21.3 Å². The summed E-state index contributed by atoms with van der Waals surface area (Å²) < 4.78 is 40.6. The fourth-order valence-electron chi connectivity index (χ4n) is 2.17. The van der Waals surface area contributed by atoms with Gasteiger partial charge in [0, 0.05) is 11.4 Å². The number of rotatable bonds is 3. The largest absolute Gasteiger partial charge is 0.242 e. The van der Waals surface area contributed by atoms with Crippen molar-refractivity contribution in [1.29, 1.82) is 0 Å². The summed E-state index contributed by atoms with van der Waals surface area (Å²) in [5, 5.41) is -0.611. The smallest absolute Gasteiger partial charge is 0.208 e. The Balaban J connectivity index is 2.21. The second kappa shape index (κ2) is 6.36. The summed E-state index contributed by atoms with van der Waals surface area (Å²) in [4.78, 5) is -0.297. The van der Waals surface area contributed by atoms with Crippen molar-refractivity contribution < 1.29 is 12.8 Å². The van der Waals surface area contributed by atoms with Crippen LogP contribution in [-0.4, -0.2) is 19.8 Å². The number of benzene rings is 1. The minimum absolute atomic E-state index is 0.0901. The van der Waals surface area contributed by atoms with Gasteiger partial charge in [0.2, 0.25) is 10.0 Å². The molecule has 1 fully saturated rings. The standard InChI is InChI=1S/C12H13Cl3FNO2S/c13-7-1-3-8(4-2-7)17-20(18,19)10-6-5-9(14)12(16)11(10)15/h5-8,17H,1-4H2. The molecule has 1 saturated carbocycles. The predicted molar refractivity (Wildman–Crippen MR) is 78.6 cm³/mol. The number of halogens is 4. The summed E-state index contributed by atoms with van der Waals surface area (Å²) >= 11 is 17.2. The van der Waals surface area contributed by atoms with Gasteiger partial charge in [0.05, 0.1) is 10.0 Å². The van der Waals surface area contributed by atoms with Crippen LogP contribution in [-0.2, 0) is 10.0 Å². The molecule has 20 heavy (non-hydrogen) atoms. The lowest BCUT2D eigenvalue weighted by Crippen LogP contribution is -2.37. The van der Waals surface area contributed by atoms with Gasteiger partial charge in [0.1, 0.15) is 4.90 Å². The van der Waals surface area contributed by atoms with Gasteiger partial charge in [-0.25, -0.2) is 17.5 Å². The first kappa shape index (κ1) is 16.3. The molecule has 8 heteroatoms. The maximum atomic E-state index is 13.6. The van der Waals surface area contributed by atoms with E-state index in [2.05, 4.69) is 4.72 Å². The molecule has 0 atom stereocenters. The van der Waals surface area contributed by atoms with Crippen LogP contribution in [0.3, 0.4) is 0 Å². The third-order valence-electron chi connectivity index (χ3n) is 3.27. The van der Waals surface area contributed by atoms with Crippen molar-refractivity contribution in [2.24, 2.45) is 0 Å². The topological polar surface area (TPSA) is 46.2 Å². The van der Waals surface area contributed by atoms with Crippen molar-refractivity contribution >= 4 is 44.8 Å². The maximum absolute atomic E-state index is 13.6. The first-order chi connectivity index (χ1) is 9.31. The van der Waals surface area contributed by atoms with Crippen LogP contribution in [0.15, 0.2) is 17.0 Å². The SMILES string of the molecule is O=S(=O)(NC1CCC(Cl)CC1)c1ccc(Cl)c(F)c1Cl. The molecule has 1 N–H and O–H groups in total. The molecule has 0 spiro atoms. The van der Waals surface area contributed by atoms with E-state index in [1.165, 1.54) is 12.1 Å².